The van der Waals surface area contributed by atoms with Crippen LogP contribution in [0.5, 0.6) is 0 Å². The van der Waals surface area contributed by atoms with Gasteiger partial charge in [0.15, 0.2) is 0 Å². The average Bonchev–Trinajstić information content (AvgIpc) is 3.41. The highest BCUT2D eigenvalue weighted by Crippen LogP contribution is 2.48. The van der Waals surface area contributed by atoms with Crippen LogP contribution >= 0.6 is 0 Å². The SMILES string of the molecule is O=C(NC1CCN(C2CC2)CC1)C1CC1c1ccc(F)cc1F. The Hall–Kier alpha value is -1.49. The maximum atomic E-state index is 13.8. The van der Waals surface area contributed by atoms with Crippen molar-refractivity contribution in [2.24, 2.45) is 5.92 Å². The minimum Gasteiger partial charge on any atom is -0.353 e. The van der Waals surface area contributed by atoms with Gasteiger partial charge in [-0.25, -0.2) is 8.78 Å². The highest BCUT2D eigenvalue weighted by molar-refractivity contribution is 5.83. The zero-order valence-corrected chi connectivity index (χ0v) is 13.1. The van der Waals surface area contributed by atoms with Gasteiger partial charge in [0.1, 0.15) is 11.6 Å². The lowest BCUT2D eigenvalue weighted by atomic mass is 10.0. The van der Waals surface area contributed by atoms with Crippen LogP contribution in [-0.2, 0) is 4.79 Å². The minimum atomic E-state index is -0.574. The van der Waals surface area contributed by atoms with Crippen LogP contribution in [-0.4, -0.2) is 36.0 Å². The number of carbonyl (C=O) groups excluding carboxylic acids is 1. The largest absolute Gasteiger partial charge is 0.353 e. The van der Waals surface area contributed by atoms with E-state index in [2.05, 4.69) is 10.2 Å². The Morgan fingerprint density at radius 3 is 2.52 bits per heavy atom. The minimum absolute atomic E-state index is 0.0311. The van der Waals surface area contributed by atoms with Crippen molar-refractivity contribution >= 4 is 5.91 Å². The van der Waals surface area contributed by atoms with Crippen molar-refractivity contribution in [3.8, 4) is 0 Å². The molecule has 0 aromatic heterocycles. The van der Waals surface area contributed by atoms with Gasteiger partial charge in [0, 0.05) is 37.2 Å². The standard InChI is InChI=1S/C18H22F2N2O/c19-11-1-4-14(17(20)9-11)15-10-16(15)18(23)21-12-5-7-22(8-6-12)13-2-3-13/h1,4,9,12-13,15-16H,2-3,5-8,10H2,(H,21,23). The fourth-order valence-corrected chi connectivity index (χ4v) is 3.79. The third kappa shape index (κ3) is 3.25. The van der Waals surface area contributed by atoms with Crippen molar-refractivity contribution in [3.05, 3.63) is 35.4 Å². The number of piperidine rings is 1. The molecule has 1 amide bonds. The molecular weight excluding hydrogens is 298 g/mol. The second-order valence-electron chi connectivity index (χ2n) is 7.16. The molecule has 23 heavy (non-hydrogen) atoms. The molecule has 5 heteroatoms. The van der Waals surface area contributed by atoms with Crippen LogP contribution in [0.2, 0.25) is 0 Å². The van der Waals surface area contributed by atoms with E-state index in [0.29, 0.717) is 12.0 Å². The van der Waals surface area contributed by atoms with Crippen LogP contribution in [0, 0.1) is 17.6 Å². The number of likely N-dealkylation sites (tertiary alicyclic amines) is 1. The Bertz CT molecular complexity index is 609. The van der Waals surface area contributed by atoms with Gasteiger partial charge in [0.25, 0.3) is 0 Å². The lowest BCUT2D eigenvalue weighted by molar-refractivity contribution is -0.123. The molecule has 2 aliphatic carbocycles. The van der Waals surface area contributed by atoms with Crippen molar-refractivity contribution in [2.75, 3.05) is 13.1 Å². The molecule has 2 saturated carbocycles. The van der Waals surface area contributed by atoms with E-state index >= 15 is 0 Å². The van der Waals surface area contributed by atoms with Gasteiger partial charge in [-0.1, -0.05) is 6.07 Å². The second-order valence-corrected chi connectivity index (χ2v) is 7.16. The van der Waals surface area contributed by atoms with Crippen molar-refractivity contribution < 1.29 is 13.6 Å². The molecule has 0 spiro atoms. The first kappa shape index (κ1) is 15.1. The maximum Gasteiger partial charge on any atom is 0.223 e. The van der Waals surface area contributed by atoms with E-state index in [1.807, 2.05) is 0 Å². The van der Waals surface area contributed by atoms with Gasteiger partial charge in [-0.3, -0.25) is 4.79 Å². The summed E-state index contributed by atoms with van der Waals surface area (Å²) < 4.78 is 26.7. The summed E-state index contributed by atoms with van der Waals surface area (Å²) >= 11 is 0. The Kier molecular flexibility index (Phi) is 3.84. The molecule has 0 bridgehead atoms. The summed E-state index contributed by atoms with van der Waals surface area (Å²) in [7, 11) is 0. The van der Waals surface area contributed by atoms with E-state index in [9.17, 15) is 13.6 Å². The first-order chi connectivity index (χ1) is 11.1. The zero-order chi connectivity index (χ0) is 16.0. The number of nitrogens with zero attached hydrogens (tertiary/aromatic N) is 1. The number of benzene rings is 1. The van der Waals surface area contributed by atoms with Crippen LogP contribution < -0.4 is 5.32 Å². The van der Waals surface area contributed by atoms with E-state index in [4.69, 9.17) is 0 Å². The van der Waals surface area contributed by atoms with E-state index < -0.39 is 11.6 Å². The molecule has 0 radical (unpaired) electrons. The number of hydrogen-bond acceptors (Lipinski definition) is 2. The fraction of sp³-hybridized carbons (Fsp3) is 0.611. The quantitative estimate of drug-likeness (QED) is 0.925. The van der Waals surface area contributed by atoms with Crippen LogP contribution in [0.25, 0.3) is 0 Å². The van der Waals surface area contributed by atoms with E-state index in [-0.39, 0.29) is 23.8 Å². The van der Waals surface area contributed by atoms with Crippen LogP contribution in [0.15, 0.2) is 18.2 Å². The molecule has 3 fully saturated rings. The van der Waals surface area contributed by atoms with E-state index in [1.165, 1.54) is 25.0 Å². The van der Waals surface area contributed by atoms with Crippen LogP contribution in [0.3, 0.4) is 0 Å². The highest BCUT2D eigenvalue weighted by atomic mass is 19.1. The van der Waals surface area contributed by atoms with Crippen molar-refractivity contribution in [1.29, 1.82) is 0 Å². The van der Waals surface area contributed by atoms with E-state index in [1.54, 1.807) is 0 Å². The predicted octanol–water partition coefficient (Wildman–Crippen LogP) is 2.81. The smallest absolute Gasteiger partial charge is 0.223 e. The van der Waals surface area contributed by atoms with Crippen molar-refractivity contribution in [1.82, 2.24) is 10.2 Å². The Morgan fingerprint density at radius 1 is 1.13 bits per heavy atom. The number of amides is 1. The molecule has 4 rings (SSSR count). The second kappa shape index (κ2) is 5.86. The van der Waals surface area contributed by atoms with Crippen LogP contribution in [0.4, 0.5) is 8.78 Å². The first-order valence-electron chi connectivity index (χ1n) is 8.61. The Balaban J connectivity index is 1.29. The molecule has 3 nitrogen and oxygen atoms in total. The van der Waals surface area contributed by atoms with Gasteiger partial charge in [0.2, 0.25) is 5.91 Å². The van der Waals surface area contributed by atoms with Gasteiger partial charge in [-0.05, 0) is 49.7 Å². The Labute approximate surface area is 135 Å². The molecule has 2 atom stereocenters. The molecule has 1 aromatic rings. The molecule has 1 aromatic carbocycles. The number of halogens is 2. The van der Waals surface area contributed by atoms with Gasteiger partial charge >= 0.3 is 0 Å². The molecule has 1 aliphatic heterocycles. The predicted molar refractivity (Wildman–Crippen MR) is 83.0 cm³/mol. The van der Waals surface area contributed by atoms with Crippen molar-refractivity contribution in [2.45, 2.75) is 50.1 Å². The molecule has 124 valence electrons. The summed E-state index contributed by atoms with van der Waals surface area (Å²) in [6.07, 6.45) is 5.32. The average molecular weight is 320 g/mol. The highest BCUT2D eigenvalue weighted by Gasteiger charge is 2.45. The molecule has 1 N–H and O–H groups in total. The molecule has 1 heterocycles. The number of nitrogens with one attached hydrogen (secondary N) is 1. The normalized spacial score (nSPS) is 28.6. The third-order valence-electron chi connectivity index (χ3n) is 5.43. The van der Waals surface area contributed by atoms with Gasteiger partial charge in [-0.15, -0.1) is 0 Å². The van der Waals surface area contributed by atoms with Crippen LogP contribution in [0.1, 0.15) is 43.6 Å². The first-order valence-corrected chi connectivity index (χ1v) is 8.61. The molecule has 3 aliphatic rings. The lowest BCUT2D eigenvalue weighted by Gasteiger charge is -2.32. The summed E-state index contributed by atoms with van der Waals surface area (Å²) in [5.74, 6) is -1.33. The van der Waals surface area contributed by atoms with Gasteiger partial charge < -0.3 is 10.2 Å². The van der Waals surface area contributed by atoms with E-state index in [0.717, 1.165) is 38.0 Å². The van der Waals surface area contributed by atoms with Gasteiger partial charge in [-0.2, -0.15) is 0 Å². The topological polar surface area (TPSA) is 32.3 Å². The monoisotopic (exact) mass is 320 g/mol. The zero-order valence-electron chi connectivity index (χ0n) is 13.1. The third-order valence-corrected chi connectivity index (χ3v) is 5.43. The maximum absolute atomic E-state index is 13.8. The lowest BCUT2D eigenvalue weighted by Crippen LogP contribution is -2.45. The van der Waals surface area contributed by atoms with Crippen molar-refractivity contribution in [3.63, 3.8) is 0 Å². The Morgan fingerprint density at radius 2 is 1.87 bits per heavy atom. The number of carbonyl (C=O) groups is 1. The van der Waals surface area contributed by atoms with Gasteiger partial charge in [0.05, 0.1) is 0 Å². The molecule has 2 unspecified atom stereocenters. The number of hydrogen-bond donors (Lipinski definition) is 1. The molecule has 1 saturated heterocycles. The summed E-state index contributed by atoms with van der Waals surface area (Å²) in [5, 5.41) is 3.13. The summed E-state index contributed by atoms with van der Waals surface area (Å²) in [5.41, 5.74) is 0.468. The number of rotatable bonds is 4. The fourth-order valence-electron chi connectivity index (χ4n) is 3.79. The summed E-state index contributed by atoms with van der Waals surface area (Å²) in [6, 6.07) is 4.67. The summed E-state index contributed by atoms with van der Waals surface area (Å²) in [6.45, 7) is 2.13. The molecular formula is C18H22F2N2O. The summed E-state index contributed by atoms with van der Waals surface area (Å²) in [4.78, 5) is 14.9.